The molecule has 0 aromatic carbocycles. The summed E-state index contributed by atoms with van der Waals surface area (Å²) in [4.78, 5) is 0. The second-order valence-corrected chi connectivity index (χ2v) is 7.25. The lowest BCUT2D eigenvalue weighted by Crippen LogP contribution is -2.03. The summed E-state index contributed by atoms with van der Waals surface area (Å²) >= 11 is 0. The van der Waals surface area contributed by atoms with E-state index in [1.165, 1.54) is 64.2 Å². The first kappa shape index (κ1) is 20.2. The van der Waals surface area contributed by atoms with Crippen molar-refractivity contribution in [1.82, 2.24) is 0 Å². The van der Waals surface area contributed by atoms with Gasteiger partial charge in [-0.3, -0.25) is 0 Å². The summed E-state index contributed by atoms with van der Waals surface area (Å²) < 4.78 is 0. The van der Waals surface area contributed by atoms with Crippen molar-refractivity contribution in [2.75, 3.05) is 0 Å². The van der Waals surface area contributed by atoms with E-state index in [2.05, 4.69) is 64.2 Å². The first-order valence-corrected chi connectivity index (χ1v) is 9.04. The summed E-state index contributed by atoms with van der Waals surface area (Å²) in [6.07, 6.45) is 26.5. The minimum atomic E-state index is 0.514. The van der Waals surface area contributed by atoms with Crippen molar-refractivity contribution in [2.45, 2.75) is 91.9 Å². The zero-order valence-electron chi connectivity index (χ0n) is 15.0. The van der Waals surface area contributed by atoms with Gasteiger partial charge in [-0.1, -0.05) is 103 Å². The van der Waals surface area contributed by atoms with Crippen LogP contribution in [0.1, 0.15) is 91.9 Å². The van der Waals surface area contributed by atoms with Crippen molar-refractivity contribution < 1.29 is 0 Å². The zero-order valence-corrected chi connectivity index (χ0v) is 15.0. The van der Waals surface area contributed by atoms with E-state index in [4.69, 9.17) is 0 Å². The average molecular weight is 291 g/mol. The lowest BCUT2D eigenvalue weighted by molar-refractivity contribution is 0.356. The van der Waals surface area contributed by atoms with Gasteiger partial charge in [0.15, 0.2) is 0 Å². The Bertz CT molecular complexity index is 286. The van der Waals surface area contributed by atoms with Gasteiger partial charge in [0.25, 0.3) is 0 Å². The Kier molecular flexibility index (Phi) is 13.6. The molecule has 0 heteroatoms. The molecule has 0 rings (SSSR count). The fraction of sp³-hybridized carbons (Fsp3) is 0.714. The Balaban J connectivity index is 3.33. The molecule has 0 aromatic heterocycles. The summed E-state index contributed by atoms with van der Waals surface area (Å²) in [7, 11) is 0. The Morgan fingerprint density at radius 3 is 1.71 bits per heavy atom. The van der Waals surface area contributed by atoms with Gasteiger partial charge in [0.1, 0.15) is 0 Å². The van der Waals surface area contributed by atoms with E-state index in [0.29, 0.717) is 5.41 Å². The standard InChI is InChI=1S/C21H38/c1-5-6-7-8-9-10-11-12-13-14-15-16-17-18-19-20-21(2,3)4/h8-13H,5-7,14-20H2,1-4H3/b9-8+,11-10+,13-12-. The maximum Gasteiger partial charge on any atom is -0.0348 e. The van der Waals surface area contributed by atoms with Crippen LogP contribution in [-0.4, -0.2) is 0 Å². The van der Waals surface area contributed by atoms with Gasteiger partial charge in [-0.25, -0.2) is 0 Å². The van der Waals surface area contributed by atoms with Crippen LogP contribution in [0.2, 0.25) is 0 Å². The van der Waals surface area contributed by atoms with E-state index in [1.54, 1.807) is 0 Å². The maximum atomic E-state index is 2.34. The third kappa shape index (κ3) is 19.2. The molecule has 0 aliphatic heterocycles. The fourth-order valence-electron chi connectivity index (χ4n) is 2.25. The van der Waals surface area contributed by atoms with Crippen LogP contribution in [0, 0.1) is 5.41 Å². The Morgan fingerprint density at radius 1 is 0.619 bits per heavy atom. The predicted molar refractivity (Wildman–Crippen MR) is 98.7 cm³/mol. The largest absolute Gasteiger partial charge is 0.0845 e. The molecule has 0 amide bonds. The van der Waals surface area contributed by atoms with Gasteiger partial charge in [-0.15, -0.1) is 0 Å². The van der Waals surface area contributed by atoms with Gasteiger partial charge < -0.3 is 0 Å². The Morgan fingerprint density at radius 2 is 1.14 bits per heavy atom. The first-order chi connectivity index (χ1) is 10.1. The van der Waals surface area contributed by atoms with Gasteiger partial charge in [-0.05, 0) is 31.1 Å². The molecule has 0 bridgehead atoms. The second kappa shape index (κ2) is 14.2. The SMILES string of the molecule is CCCC/C=C/C=C/C=C\CCCCCCCC(C)(C)C. The van der Waals surface area contributed by atoms with Gasteiger partial charge >= 0.3 is 0 Å². The van der Waals surface area contributed by atoms with Crippen LogP contribution < -0.4 is 0 Å². The Labute approximate surface area is 134 Å². The van der Waals surface area contributed by atoms with Crippen LogP contribution in [0.3, 0.4) is 0 Å². The predicted octanol–water partition coefficient (Wildman–Crippen LogP) is 7.62. The number of unbranched alkanes of at least 4 members (excludes halogenated alkanes) is 7. The highest BCUT2D eigenvalue weighted by molar-refractivity contribution is 5.10. The molecule has 0 fully saturated rings. The number of hydrogen-bond donors (Lipinski definition) is 0. The quantitative estimate of drug-likeness (QED) is 0.256. The molecule has 122 valence electrons. The molecule has 0 N–H and O–H groups in total. The van der Waals surface area contributed by atoms with Gasteiger partial charge in [0, 0.05) is 0 Å². The highest BCUT2D eigenvalue weighted by Crippen LogP contribution is 2.22. The van der Waals surface area contributed by atoms with Crippen molar-refractivity contribution in [3.05, 3.63) is 36.5 Å². The highest BCUT2D eigenvalue weighted by Gasteiger charge is 2.08. The lowest BCUT2D eigenvalue weighted by Gasteiger charge is -2.17. The van der Waals surface area contributed by atoms with E-state index >= 15 is 0 Å². The smallest absolute Gasteiger partial charge is 0.0348 e. The molecule has 0 nitrogen and oxygen atoms in total. The van der Waals surface area contributed by atoms with Gasteiger partial charge in [0.05, 0.1) is 0 Å². The topological polar surface area (TPSA) is 0 Å². The normalized spacial score (nSPS) is 13.1. The number of hydrogen-bond acceptors (Lipinski definition) is 0. The molecule has 21 heavy (non-hydrogen) atoms. The first-order valence-electron chi connectivity index (χ1n) is 9.04. The van der Waals surface area contributed by atoms with Crippen molar-refractivity contribution in [1.29, 1.82) is 0 Å². The lowest BCUT2D eigenvalue weighted by atomic mass is 9.89. The summed E-state index contributed by atoms with van der Waals surface area (Å²) in [6.45, 7) is 9.25. The van der Waals surface area contributed by atoms with Crippen LogP contribution in [0.25, 0.3) is 0 Å². The Hall–Kier alpha value is -0.780. The van der Waals surface area contributed by atoms with E-state index < -0.39 is 0 Å². The van der Waals surface area contributed by atoms with E-state index in [0.717, 1.165) is 0 Å². The van der Waals surface area contributed by atoms with Gasteiger partial charge in [-0.2, -0.15) is 0 Å². The van der Waals surface area contributed by atoms with Crippen molar-refractivity contribution in [3.63, 3.8) is 0 Å². The van der Waals surface area contributed by atoms with Crippen LogP contribution in [0.15, 0.2) is 36.5 Å². The van der Waals surface area contributed by atoms with Crippen LogP contribution in [0.5, 0.6) is 0 Å². The zero-order chi connectivity index (χ0) is 15.8. The molecule has 0 atom stereocenters. The second-order valence-electron chi connectivity index (χ2n) is 7.25. The summed E-state index contributed by atoms with van der Waals surface area (Å²) in [6, 6.07) is 0. The summed E-state index contributed by atoms with van der Waals surface area (Å²) in [5.41, 5.74) is 0.514. The molecule has 0 aliphatic rings. The van der Waals surface area contributed by atoms with E-state index in [-0.39, 0.29) is 0 Å². The van der Waals surface area contributed by atoms with E-state index in [9.17, 15) is 0 Å². The minimum Gasteiger partial charge on any atom is -0.0845 e. The molecular weight excluding hydrogens is 252 g/mol. The molecule has 0 unspecified atom stereocenters. The molecule has 0 radical (unpaired) electrons. The third-order valence-electron chi connectivity index (χ3n) is 3.63. The van der Waals surface area contributed by atoms with Crippen LogP contribution in [0.4, 0.5) is 0 Å². The van der Waals surface area contributed by atoms with Gasteiger partial charge in [0.2, 0.25) is 0 Å². The van der Waals surface area contributed by atoms with E-state index in [1.807, 2.05) is 0 Å². The maximum absolute atomic E-state index is 2.34. The molecule has 0 heterocycles. The highest BCUT2D eigenvalue weighted by atomic mass is 14.1. The monoisotopic (exact) mass is 290 g/mol. The van der Waals surface area contributed by atoms with Crippen LogP contribution in [-0.2, 0) is 0 Å². The minimum absolute atomic E-state index is 0.514. The van der Waals surface area contributed by atoms with Crippen molar-refractivity contribution in [3.8, 4) is 0 Å². The third-order valence-corrected chi connectivity index (χ3v) is 3.63. The number of allylic oxidation sites excluding steroid dienone is 6. The molecule has 0 aliphatic carbocycles. The molecular formula is C21H38. The molecule has 0 saturated carbocycles. The summed E-state index contributed by atoms with van der Waals surface area (Å²) in [5, 5.41) is 0. The van der Waals surface area contributed by atoms with Crippen molar-refractivity contribution in [2.24, 2.45) is 5.41 Å². The molecule has 0 saturated heterocycles. The average Bonchev–Trinajstić information content (AvgIpc) is 2.42. The molecule has 0 aromatic rings. The molecule has 0 spiro atoms. The number of rotatable bonds is 12. The fourth-order valence-corrected chi connectivity index (χ4v) is 2.25. The summed E-state index contributed by atoms with van der Waals surface area (Å²) in [5.74, 6) is 0. The van der Waals surface area contributed by atoms with Crippen molar-refractivity contribution >= 4 is 0 Å². The van der Waals surface area contributed by atoms with Crippen LogP contribution >= 0.6 is 0 Å².